The number of carbonyl (C=O) groups excluding carboxylic acids is 2. The molecule has 0 aliphatic heterocycles. The number of ether oxygens (including phenoxy) is 1. The molecule has 18 heavy (non-hydrogen) atoms. The zero-order chi connectivity index (χ0) is 13.0. The summed E-state index contributed by atoms with van der Waals surface area (Å²) >= 11 is 0. The molecule has 7 heteroatoms. The molecule has 0 aliphatic carbocycles. The summed E-state index contributed by atoms with van der Waals surface area (Å²) in [5, 5.41) is 3.96. The van der Waals surface area contributed by atoms with Crippen LogP contribution in [0.3, 0.4) is 0 Å². The molecule has 2 aromatic heterocycles. The van der Waals surface area contributed by atoms with E-state index in [1.54, 1.807) is 13.0 Å². The maximum Gasteiger partial charge on any atom is 0.359 e. The van der Waals surface area contributed by atoms with Gasteiger partial charge in [-0.1, -0.05) is 0 Å². The third kappa shape index (κ3) is 2.24. The lowest BCUT2D eigenvalue weighted by Gasteiger charge is -1.98. The number of hydrogen-bond acceptors (Lipinski definition) is 6. The number of aldehydes is 1. The molecule has 7 nitrogen and oxygen atoms in total. The highest BCUT2D eigenvalue weighted by molar-refractivity contribution is 5.96. The van der Waals surface area contributed by atoms with Crippen molar-refractivity contribution in [3.63, 3.8) is 0 Å². The Kier molecular flexibility index (Phi) is 3.42. The Morgan fingerprint density at radius 1 is 1.44 bits per heavy atom. The molecule has 0 spiro atoms. The molecule has 0 amide bonds. The summed E-state index contributed by atoms with van der Waals surface area (Å²) in [4.78, 5) is 30.4. The molecule has 0 bridgehead atoms. The quantitative estimate of drug-likeness (QED) is 0.581. The SMILES string of the molecule is CCOC(=O)c1nn(-c2ncccn2)cc1C=O. The number of esters is 1. The van der Waals surface area contributed by atoms with Crippen LogP contribution in [0.2, 0.25) is 0 Å². The van der Waals surface area contributed by atoms with Gasteiger partial charge in [-0.3, -0.25) is 4.79 Å². The second kappa shape index (κ2) is 5.17. The Morgan fingerprint density at radius 2 is 2.17 bits per heavy atom. The summed E-state index contributed by atoms with van der Waals surface area (Å²) < 4.78 is 6.07. The van der Waals surface area contributed by atoms with Crippen LogP contribution < -0.4 is 0 Å². The zero-order valence-corrected chi connectivity index (χ0v) is 9.61. The minimum Gasteiger partial charge on any atom is -0.461 e. The third-order valence-corrected chi connectivity index (χ3v) is 2.10. The van der Waals surface area contributed by atoms with E-state index < -0.39 is 5.97 Å². The van der Waals surface area contributed by atoms with Gasteiger partial charge in [0, 0.05) is 18.6 Å². The maximum atomic E-state index is 11.6. The second-order valence-corrected chi connectivity index (χ2v) is 3.26. The van der Waals surface area contributed by atoms with Gasteiger partial charge in [0.15, 0.2) is 12.0 Å². The minimum atomic E-state index is -0.644. The Bertz CT molecular complexity index is 565. The predicted molar refractivity (Wildman–Crippen MR) is 60.5 cm³/mol. The predicted octanol–water partition coefficient (Wildman–Crippen LogP) is 0.652. The number of hydrogen-bond donors (Lipinski definition) is 0. The first-order chi connectivity index (χ1) is 8.76. The first kappa shape index (κ1) is 11.9. The average Bonchev–Trinajstić information content (AvgIpc) is 2.84. The van der Waals surface area contributed by atoms with Crippen LogP contribution in [-0.4, -0.2) is 38.6 Å². The lowest BCUT2D eigenvalue weighted by molar-refractivity contribution is 0.0517. The topological polar surface area (TPSA) is 87.0 Å². The summed E-state index contributed by atoms with van der Waals surface area (Å²) in [5.41, 5.74) is 0.0974. The standard InChI is InChI=1S/C11H10N4O3/c1-2-18-10(17)9-8(7-16)6-15(14-9)11-12-4-3-5-13-11/h3-7H,2H2,1H3. The highest BCUT2D eigenvalue weighted by Gasteiger charge is 2.18. The summed E-state index contributed by atoms with van der Waals surface area (Å²) in [5.74, 6) is -0.370. The summed E-state index contributed by atoms with van der Waals surface area (Å²) in [6, 6.07) is 1.65. The van der Waals surface area contributed by atoms with Crippen molar-refractivity contribution in [3.8, 4) is 5.95 Å². The van der Waals surface area contributed by atoms with Gasteiger partial charge in [-0.15, -0.1) is 0 Å². The van der Waals surface area contributed by atoms with Crippen LogP contribution in [0.1, 0.15) is 27.8 Å². The van der Waals surface area contributed by atoms with Crippen LogP contribution >= 0.6 is 0 Å². The van der Waals surface area contributed by atoms with E-state index in [0.717, 1.165) is 0 Å². The molecule has 0 saturated carbocycles. The van der Waals surface area contributed by atoms with Gasteiger partial charge < -0.3 is 4.74 Å². The van der Waals surface area contributed by atoms with E-state index >= 15 is 0 Å². The summed E-state index contributed by atoms with van der Waals surface area (Å²) in [6.07, 6.45) is 5.00. The van der Waals surface area contributed by atoms with E-state index in [4.69, 9.17) is 4.74 Å². The van der Waals surface area contributed by atoms with Crippen LogP contribution in [0.5, 0.6) is 0 Å². The van der Waals surface area contributed by atoms with Crippen molar-refractivity contribution in [2.45, 2.75) is 6.92 Å². The molecule has 0 saturated heterocycles. The normalized spacial score (nSPS) is 10.1. The molecule has 92 valence electrons. The van der Waals surface area contributed by atoms with E-state index in [-0.39, 0.29) is 23.8 Å². The van der Waals surface area contributed by atoms with Crippen molar-refractivity contribution in [3.05, 3.63) is 35.9 Å². The van der Waals surface area contributed by atoms with Crippen molar-refractivity contribution in [2.75, 3.05) is 6.61 Å². The molecule has 0 unspecified atom stereocenters. The number of nitrogens with zero attached hydrogens (tertiary/aromatic N) is 4. The number of rotatable bonds is 4. The van der Waals surface area contributed by atoms with Gasteiger partial charge in [0.05, 0.1) is 12.2 Å². The molecule has 0 atom stereocenters. The summed E-state index contributed by atoms with van der Waals surface area (Å²) in [6.45, 7) is 1.89. The Balaban J connectivity index is 2.41. The van der Waals surface area contributed by atoms with Gasteiger partial charge in [0.2, 0.25) is 5.95 Å². The largest absolute Gasteiger partial charge is 0.461 e. The number of aromatic nitrogens is 4. The van der Waals surface area contributed by atoms with Crippen LogP contribution in [0.15, 0.2) is 24.7 Å². The van der Waals surface area contributed by atoms with E-state index in [9.17, 15) is 9.59 Å². The maximum absolute atomic E-state index is 11.6. The second-order valence-electron chi connectivity index (χ2n) is 3.26. The van der Waals surface area contributed by atoms with Gasteiger partial charge >= 0.3 is 5.97 Å². The van der Waals surface area contributed by atoms with Crippen LogP contribution in [0, 0.1) is 0 Å². The van der Waals surface area contributed by atoms with Crippen LogP contribution in [0.25, 0.3) is 5.95 Å². The van der Waals surface area contributed by atoms with Crippen molar-refractivity contribution >= 4 is 12.3 Å². The van der Waals surface area contributed by atoms with E-state index in [0.29, 0.717) is 6.29 Å². The van der Waals surface area contributed by atoms with Gasteiger partial charge in [0.25, 0.3) is 0 Å². The Labute approximate surface area is 102 Å². The Morgan fingerprint density at radius 3 is 2.78 bits per heavy atom. The third-order valence-electron chi connectivity index (χ3n) is 2.10. The molecule has 2 aromatic rings. The first-order valence-electron chi connectivity index (χ1n) is 5.25. The molecule has 0 fully saturated rings. The lowest BCUT2D eigenvalue weighted by Crippen LogP contribution is -2.09. The fraction of sp³-hybridized carbons (Fsp3) is 0.182. The zero-order valence-electron chi connectivity index (χ0n) is 9.61. The Hall–Kier alpha value is -2.57. The molecular formula is C11H10N4O3. The van der Waals surface area contributed by atoms with Crippen molar-refractivity contribution in [1.29, 1.82) is 0 Å². The van der Waals surface area contributed by atoms with Gasteiger partial charge in [-0.2, -0.15) is 5.10 Å². The first-order valence-corrected chi connectivity index (χ1v) is 5.25. The number of carbonyl (C=O) groups is 2. The fourth-order valence-corrected chi connectivity index (χ4v) is 1.34. The average molecular weight is 246 g/mol. The molecule has 0 radical (unpaired) electrons. The molecule has 2 heterocycles. The highest BCUT2D eigenvalue weighted by Crippen LogP contribution is 2.09. The van der Waals surface area contributed by atoms with Crippen molar-refractivity contribution in [2.24, 2.45) is 0 Å². The highest BCUT2D eigenvalue weighted by atomic mass is 16.5. The lowest BCUT2D eigenvalue weighted by atomic mass is 10.3. The summed E-state index contributed by atoms with van der Waals surface area (Å²) in [7, 11) is 0. The van der Waals surface area contributed by atoms with E-state index in [1.165, 1.54) is 23.3 Å². The van der Waals surface area contributed by atoms with Gasteiger partial charge in [-0.25, -0.2) is 19.4 Å². The molecule has 0 aromatic carbocycles. The van der Waals surface area contributed by atoms with Gasteiger partial charge in [0.1, 0.15) is 0 Å². The molecule has 0 aliphatic rings. The minimum absolute atomic E-state index is 0.0423. The van der Waals surface area contributed by atoms with Gasteiger partial charge in [-0.05, 0) is 13.0 Å². The fourth-order valence-electron chi connectivity index (χ4n) is 1.34. The smallest absolute Gasteiger partial charge is 0.359 e. The van der Waals surface area contributed by atoms with Crippen molar-refractivity contribution in [1.82, 2.24) is 19.7 Å². The van der Waals surface area contributed by atoms with Crippen molar-refractivity contribution < 1.29 is 14.3 Å². The molecular weight excluding hydrogens is 236 g/mol. The van der Waals surface area contributed by atoms with E-state index in [2.05, 4.69) is 15.1 Å². The molecule has 0 N–H and O–H groups in total. The monoisotopic (exact) mass is 246 g/mol. The van der Waals surface area contributed by atoms with Crippen LogP contribution in [-0.2, 0) is 4.74 Å². The van der Waals surface area contributed by atoms with E-state index in [1.807, 2.05) is 0 Å². The molecule has 2 rings (SSSR count). The van der Waals surface area contributed by atoms with Crippen LogP contribution in [0.4, 0.5) is 0 Å².